The highest BCUT2D eigenvalue weighted by molar-refractivity contribution is 14.0. The van der Waals surface area contributed by atoms with E-state index in [1.807, 2.05) is 11.8 Å². The van der Waals surface area contributed by atoms with Gasteiger partial charge in [0.15, 0.2) is 5.96 Å². The molecule has 2 saturated heterocycles. The number of guanidine groups is 1. The minimum absolute atomic E-state index is 0. The summed E-state index contributed by atoms with van der Waals surface area (Å²) >= 11 is 0. The van der Waals surface area contributed by atoms with Crippen LogP contribution in [-0.4, -0.2) is 73.7 Å². The Bertz CT molecular complexity index is 755. The Labute approximate surface area is 197 Å². The average Bonchev–Trinajstić information content (AvgIpc) is 3.26. The largest absolute Gasteiger partial charge is 0.434 e. The highest BCUT2D eigenvalue weighted by Crippen LogP contribution is 2.24. The summed E-state index contributed by atoms with van der Waals surface area (Å²) in [5.74, 6) is -0.321. The van der Waals surface area contributed by atoms with Crippen LogP contribution in [0.2, 0.25) is 0 Å². The van der Waals surface area contributed by atoms with Crippen molar-refractivity contribution < 1.29 is 27.4 Å². The fourth-order valence-corrected chi connectivity index (χ4v) is 3.59. The SMILES string of the molecule is CCNC(=NCc1c(F)cccc1OC(F)F)N1CCN(C(=O)C2CCCO2)CC1.I. The number of ether oxygens (including phenoxy) is 2. The van der Waals surface area contributed by atoms with Gasteiger partial charge in [-0.3, -0.25) is 4.79 Å². The van der Waals surface area contributed by atoms with E-state index in [0.717, 1.165) is 12.8 Å². The molecule has 0 saturated carbocycles. The van der Waals surface area contributed by atoms with Gasteiger partial charge in [0.25, 0.3) is 5.91 Å². The zero-order valence-electron chi connectivity index (χ0n) is 17.4. The van der Waals surface area contributed by atoms with Crippen molar-refractivity contribution >= 4 is 35.8 Å². The first-order valence-electron chi connectivity index (χ1n) is 10.2. The predicted octanol–water partition coefficient (Wildman–Crippen LogP) is 2.83. The van der Waals surface area contributed by atoms with Crippen LogP contribution in [0.1, 0.15) is 25.3 Å². The van der Waals surface area contributed by atoms with E-state index in [-0.39, 0.29) is 53.8 Å². The first kappa shape index (κ1) is 25.5. The number of nitrogens with zero attached hydrogens (tertiary/aromatic N) is 3. The summed E-state index contributed by atoms with van der Waals surface area (Å²) in [6.45, 7) is 2.10. The van der Waals surface area contributed by atoms with E-state index in [4.69, 9.17) is 4.74 Å². The van der Waals surface area contributed by atoms with Crippen LogP contribution in [0.15, 0.2) is 23.2 Å². The Morgan fingerprint density at radius 2 is 2.00 bits per heavy atom. The number of benzene rings is 1. The lowest BCUT2D eigenvalue weighted by Gasteiger charge is -2.37. The Kier molecular flexibility index (Phi) is 10.1. The van der Waals surface area contributed by atoms with Crippen LogP contribution in [0, 0.1) is 5.82 Å². The summed E-state index contributed by atoms with van der Waals surface area (Å²) in [5, 5.41) is 3.14. The van der Waals surface area contributed by atoms with Gasteiger partial charge in [-0.15, -0.1) is 24.0 Å². The number of hydrogen-bond acceptors (Lipinski definition) is 4. The molecule has 1 unspecified atom stereocenters. The fourth-order valence-electron chi connectivity index (χ4n) is 3.59. The van der Waals surface area contributed by atoms with Crippen molar-refractivity contribution in [1.82, 2.24) is 15.1 Å². The molecule has 2 fully saturated rings. The molecule has 2 aliphatic heterocycles. The molecule has 174 valence electrons. The van der Waals surface area contributed by atoms with E-state index in [1.165, 1.54) is 18.2 Å². The van der Waals surface area contributed by atoms with Crippen molar-refractivity contribution in [3.8, 4) is 5.75 Å². The van der Waals surface area contributed by atoms with Crippen LogP contribution >= 0.6 is 24.0 Å². The van der Waals surface area contributed by atoms with Gasteiger partial charge in [-0.1, -0.05) is 6.07 Å². The maximum Gasteiger partial charge on any atom is 0.387 e. The summed E-state index contributed by atoms with van der Waals surface area (Å²) in [6, 6.07) is 3.80. The van der Waals surface area contributed by atoms with Gasteiger partial charge in [-0.2, -0.15) is 8.78 Å². The Balaban J connectivity index is 0.00000341. The van der Waals surface area contributed by atoms with E-state index in [9.17, 15) is 18.0 Å². The van der Waals surface area contributed by atoms with Crippen molar-refractivity contribution in [3.05, 3.63) is 29.6 Å². The highest BCUT2D eigenvalue weighted by atomic mass is 127. The summed E-state index contributed by atoms with van der Waals surface area (Å²) in [4.78, 5) is 20.7. The summed E-state index contributed by atoms with van der Waals surface area (Å²) in [7, 11) is 0. The van der Waals surface area contributed by atoms with Gasteiger partial charge < -0.3 is 24.6 Å². The molecule has 2 heterocycles. The normalized spacial score (nSPS) is 19.4. The van der Waals surface area contributed by atoms with Crippen molar-refractivity contribution in [2.24, 2.45) is 4.99 Å². The molecular formula is C20H28F3IN4O3. The Morgan fingerprint density at radius 3 is 2.61 bits per heavy atom. The molecule has 0 bridgehead atoms. The van der Waals surface area contributed by atoms with Crippen LogP contribution in [0.3, 0.4) is 0 Å². The average molecular weight is 556 g/mol. The molecule has 0 aliphatic carbocycles. The standard InChI is InChI=1S/C20H27F3N4O3.HI/c1-2-24-20(25-13-14-15(21)5-3-6-16(14)30-19(22)23)27-10-8-26(9-11-27)18(28)17-7-4-12-29-17;/h3,5-6,17,19H,2,4,7-13H2,1H3,(H,24,25);1H. The molecule has 0 spiro atoms. The number of halogens is 4. The molecular weight excluding hydrogens is 528 g/mol. The quantitative estimate of drug-likeness (QED) is 0.332. The van der Waals surface area contributed by atoms with Gasteiger partial charge in [0.1, 0.15) is 17.7 Å². The summed E-state index contributed by atoms with van der Waals surface area (Å²) in [5.41, 5.74) is -0.0274. The molecule has 0 aromatic heterocycles. The molecule has 31 heavy (non-hydrogen) atoms. The molecule has 7 nitrogen and oxygen atoms in total. The maximum absolute atomic E-state index is 14.2. The number of aliphatic imine (C=N–C) groups is 1. The molecule has 1 aromatic rings. The lowest BCUT2D eigenvalue weighted by atomic mass is 10.2. The van der Waals surface area contributed by atoms with Gasteiger partial charge in [0.2, 0.25) is 0 Å². The molecule has 11 heteroatoms. The number of carbonyl (C=O) groups excluding carboxylic acids is 1. The number of alkyl halides is 2. The molecule has 0 radical (unpaired) electrons. The third-order valence-electron chi connectivity index (χ3n) is 5.11. The highest BCUT2D eigenvalue weighted by Gasteiger charge is 2.31. The van der Waals surface area contributed by atoms with Gasteiger partial charge in [-0.05, 0) is 31.9 Å². The minimum Gasteiger partial charge on any atom is -0.434 e. The van der Waals surface area contributed by atoms with Crippen molar-refractivity contribution in [2.75, 3.05) is 39.3 Å². The second-order valence-corrected chi connectivity index (χ2v) is 7.08. The smallest absolute Gasteiger partial charge is 0.387 e. The number of carbonyl (C=O) groups is 1. The van der Waals surface area contributed by atoms with Crippen LogP contribution in [0.5, 0.6) is 5.75 Å². The number of rotatable bonds is 6. The fraction of sp³-hybridized carbons (Fsp3) is 0.600. The first-order chi connectivity index (χ1) is 14.5. The number of hydrogen-bond donors (Lipinski definition) is 1. The van der Waals surface area contributed by atoms with Gasteiger partial charge in [0, 0.05) is 39.3 Å². The monoisotopic (exact) mass is 556 g/mol. The third kappa shape index (κ3) is 6.86. The Morgan fingerprint density at radius 1 is 1.29 bits per heavy atom. The molecule has 1 amide bonds. The van der Waals surface area contributed by atoms with E-state index in [0.29, 0.717) is 45.3 Å². The summed E-state index contributed by atoms with van der Waals surface area (Å²) in [6.07, 6.45) is 1.32. The summed E-state index contributed by atoms with van der Waals surface area (Å²) < 4.78 is 49.3. The predicted molar refractivity (Wildman–Crippen MR) is 120 cm³/mol. The number of amides is 1. The van der Waals surface area contributed by atoms with E-state index in [2.05, 4.69) is 15.0 Å². The Hall–Kier alpha value is -1.76. The molecule has 1 N–H and O–H groups in total. The van der Waals surface area contributed by atoms with Crippen molar-refractivity contribution in [2.45, 2.75) is 39.0 Å². The first-order valence-corrected chi connectivity index (χ1v) is 10.2. The molecule has 1 aromatic carbocycles. The topological polar surface area (TPSA) is 66.4 Å². The van der Waals surface area contributed by atoms with Crippen LogP contribution in [-0.2, 0) is 16.1 Å². The van der Waals surface area contributed by atoms with E-state index >= 15 is 0 Å². The van der Waals surface area contributed by atoms with Gasteiger partial charge in [-0.25, -0.2) is 9.38 Å². The second kappa shape index (κ2) is 12.3. The zero-order valence-corrected chi connectivity index (χ0v) is 19.7. The molecule has 2 aliphatic rings. The minimum atomic E-state index is -3.04. The number of piperazine rings is 1. The zero-order chi connectivity index (χ0) is 21.5. The third-order valence-corrected chi connectivity index (χ3v) is 5.11. The molecule has 1 atom stereocenters. The lowest BCUT2D eigenvalue weighted by molar-refractivity contribution is -0.142. The lowest BCUT2D eigenvalue weighted by Crippen LogP contribution is -2.55. The van der Waals surface area contributed by atoms with E-state index < -0.39 is 12.4 Å². The van der Waals surface area contributed by atoms with Gasteiger partial charge in [0.05, 0.1) is 12.1 Å². The van der Waals surface area contributed by atoms with Crippen molar-refractivity contribution in [3.63, 3.8) is 0 Å². The van der Waals surface area contributed by atoms with Gasteiger partial charge >= 0.3 is 6.61 Å². The van der Waals surface area contributed by atoms with Crippen molar-refractivity contribution in [1.29, 1.82) is 0 Å². The maximum atomic E-state index is 14.2. The molecule has 3 rings (SSSR count). The number of nitrogens with one attached hydrogen (secondary N) is 1. The van der Waals surface area contributed by atoms with E-state index in [1.54, 1.807) is 4.90 Å². The second-order valence-electron chi connectivity index (χ2n) is 7.08. The van der Waals surface area contributed by atoms with Crippen LogP contribution in [0.4, 0.5) is 13.2 Å². The van der Waals surface area contributed by atoms with Crippen LogP contribution in [0.25, 0.3) is 0 Å². The van der Waals surface area contributed by atoms with Crippen LogP contribution < -0.4 is 10.1 Å².